The number of hydrogen-bond donors (Lipinski definition) is 0. The predicted molar refractivity (Wildman–Crippen MR) is 135 cm³/mol. The van der Waals surface area contributed by atoms with Crippen molar-refractivity contribution in [2.45, 2.75) is 16.2 Å². The van der Waals surface area contributed by atoms with E-state index in [2.05, 4.69) is 4.99 Å². The van der Waals surface area contributed by atoms with Crippen LogP contribution in [0, 0.1) is 0 Å². The Labute approximate surface area is 206 Å². The van der Waals surface area contributed by atoms with E-state index in [-0.39, 0.29) is 15.4 Å². The van der Waals surface area contributed by atoms with Crippen molar-refractivity contribution >= 4 is 53.0 Å². The summed E-state index contributed by atoms with van der Waals surface area (Å²) in [5, 5.41) is 0. The lowest BCUT2D eigenvalue weighted by atomic mass is 10.2. The van der Waals surface area contributed by atoms with Crippen LogP contribution in [0.3, 0.4) is 0 Å². The quantitative estimate of drug-likeness (QED) is 0.405. The minimum absolute atomic E-state index is 0.103. The van der Waals surface area contributed by atoms with Crippen LogP contribution in [-0.2, 0) is 33.3 Å². The highest BCUT2D eigenvalue weighted by atomic mass is 32.2. The highest BCUT2D eigenvalue weighted by Gasteiger charge is 2.30. The van der Waals surface area contributed by atoms with E-state index < -0.39 is 25.8 Å². The molecule has 1 amide bonds. The van der Waals surface area contributed by atoms with E-state index >= 15 is 0 Å². The van der Waals surface area contributed by atoms with Gasteiger partial charge in [0.1, 0.15) is 0 Å². The molecule has 0 atom stereocenters. The van der Waals surface area contributed by atoms with Crippen LogP contribution < -0.4 is 9.11 Å². The number of amides is 1. The molecule has 0 saturated heterocycles. The molecule has 1 aliphatic heterocycles. The molecule has 2 heterocycles. The number of aromatic nitrogens is 1. The zero-order valence-corrected chi connectivity index (χ0v) is 21.3. The number of para-hydroxylation sites is 1. The fourth-order valence-electron chi connectivity index (χ4n) is 4.06. The van der Waals surface area contributed by atoms with Crippen molar-refractivity contribution in [3.63, 3.8) is 0 Å². The molecule has 1 aliphatic rings. The van der Waals surface area contributed by atoms with Gasteiger partial charge < -0.3 is 4.57 Å². The fraction of sp³-hybridized carbons (Fsp3) is 0.167. The number of fused-ring (bicyclic) bond motifs is 2. The number of carbonyl (C=O) groups excluding carboxylic acids is 1. The van der Waals surface area contributed by atoms with Gasteiger partial charge in [-0.05, 0) is 60.5 Å². The second-order valence-electron chi connectivity index (χ2n) is 8.24. The number of rotatable bonds is 4. The Balaban J connectivity index is 1.45. The number of benzene rings is 3. The van der Waals surface area contributed by atoms with Crippen molar-refractivity contribution in [3.05, 3.63) is 82.7 Å². The highest BCUT2D eigenvalue weighted by Crippen LogP contribution is 2.32. The molecule has 0 saturated carbocycles. The lowest BCUT2D eigenvalue weighted by Crippen LogP contribution is -2.29. The van der Waals surface area contributed by atoms with Gasteiger partial charge in [0.25, 0.3) is 15.9 Å². The number of aryl methyl sites for hydroxylation is 1. The molecule has 0 aliphatic carbocycles. The molecule has 0 fully saturated rings. The third kappa shape index (κ3) is 4.19. The van der Waals surface area contributed by atoms with Crippen LogP contribution in [-0.4, -0.2) is 40.1 Å². The third-order valence-electron chi connectivity index (χ3n) is 5.94. The zero-order chi connectivity index (χ0) is 25.0. The lowest BCUT2D eigenvalue weighted by molar-refractivity contribution is 0.0998. The van der Waals surface area contributed by atoms with Crippen molar-refractivity contribution in [1.29, 1.82) is 0 Å². The molecular weight excluding hydrogens is 506 g/mol. The van der Waals surface area contributed by atoms with Crippen molar-refractivity contribution in [2.24, 2.45) is 12.0 Å². The van der Waals surface area contributed by atoms with Crippen LogP contribution in [0.2, 0.25) is 0 Å². The topological polar surface area (TPSA) is 106 Å². The van der Waals surface area contributed by atoms with Gasteiger partial charge in [-0.2, -0.15) is 4.99 Å². The molecule has 5 rings (SSSR count). The van der Waals surface area contributed by atoms with Crippen LogP contribution in [0.4, 0.5) is 5.69 Å². The molecule has 4 aromatic rings. The maximum absolute atomic E-state index is 13.2. The smallest absolute Gasteiger partial charge is 0.279 e. The summed E-state index contributed by atoms with van der Waals surface area (Å²) in [5.41, 5.74) is 2.67. The molecule has 0 bridgehead atoms. The Morgan fingerprint density at radius 2 is 1.63 bits per heavy atom. The van der Waals surface area contributed by atoms with Crippen LogP contribution in [0.15, 0.2) is 81.5 Å². The normalized spacial score (nSPS) is 14.5. The maximum atomic E-state index is 13.2. The Kier molecular flexibility index (Phi) is 5.65. The van der Waals surface area contributed by atoms with E-state index in [1.807, 2.05) is 18.2 Å². The molecule has 0 unspecified atom stereocenters. The minimum Gasteiger partial charge on any atom is -0.319 e. The Hall–Kier alpha value is -3.28. The largest absolute Gasteiger partial charge is 0.319 e. The summed E-state index contributed by atoms with van der Waals surface area (Å²) in [4.78, 5) is 17.7. The molecule has 0 N–H and O–H groups in total. The number of hydrogen-bond acceptors (Lipinski definition) is 6. The van der Waals surface area contributed by atoms with Gasteiger partial charge in [-0.3, -0.25) is 9.10 Å². The van der Waals surface area contributed by atoms with Crippen molar-refractivity contribution in [3.8, 4) is 0 Å². The fourth-order valence-corrected chi connectivity index (χ4v) is 7.34. The third-order valence-corrected chi connectivity index (χ3v) is 9.97. The molecular formula is C24H21N3O5S3. The second kappa shape index (κ2) is 8.43. The first-order valence-electron chi connectivity index (χ1n) is 10.6. The average molecular weight is 528 g/mol. The van der Waals surface area contributed by atoms with Crippen molar-refractivity contribution in [2.75, 3.05) is 17.1 Å². The van der Waals surface area contributed by atoms with E-state index in [1.54, 1.807) is 29.8 Å². The van der Waals surface area contributed by atoms with Crippen LogP contribution in [0.1, 0.15) is 15.9 Å². The molecule has 1 aromatic heterocycles. The van der Waals surface area contributed by atoms with Gasteiger partial charge in [-0.1, -0.05) is 29.5 Å². The first kappa shape index (κ1) is 23.5. The van der Waals surface area contributed by atoms with Gasteiger partial charge in [-0.15, -0.1) is 0 Å². The number of thiazole rings is 1. The molecule has 11 heteroatoms. The number of anilines is 1. The number of carbonyl (C=O) groups is 1. The lowest BCUT2D eigenvalue weighted by Gasteiger charge is -2.19. The predicted octanol–water partition coefficient (Wildman–Crippen LogP) is 3.14. The van der Waals surface area contributed by atoms with Crippen LogP contribution >= 0.6 is 11.3 Å². The van der Waals surface area contributed by atoms with Crippen LogP contribution in [0.5, 0.6) is 0 Å². The number of sulfonamides is 1. The first-order valence-corrected chi connectivity index (χ1v) is 14.8. The maximum Gasteiger partial charge on any atom is 0.279 e. The summed E-state index contributed by atoms with van der Waals surface area (Å²) in [6.07, 6.45) is 1.80. The Bertz CT molecular complexity index is 1770. The molecule has 35 heavy (non-hydrogen) atoms. The van der Waals surface area contributed by atoms with Gasteiger partial charge >= 0.3 is 0 Å². The SMILES string of the molecule is Cn1c(=NC(=O)c2ccc(S(=O)(=O)N3CCc4ccccc43)cc2)sc2cc(S(C)(=O)=O)ccc21. The van der Waals surface area contributed by atoms with E-state index in [9.17, 15) is 21.6 Å². The summed E-state index contributed by atoms with van der Waals surface area (Å²) in [7, 11) is -5.36. The van der Waals surface area contributed by atoms with Crippen LogP contribution in [0.25, 0.3) is 10.2 Å². The molecule has 0 spiro atoms. The van der Waals surface area contributed by atoms with Gasteiger partial charge in [0.15, 0.2) is 14.6 Å². The van der Waals surface area contributed by atoms with Crippen molar-refractivity contribution < 1.29 is 21.6 Å². The first-order chi connectivity index (χ1) is 16.6. The summed E-state index contributed by atoms with van der Waals surface area (Å²) in [5.74, 6) is -0.522. The molecule has 3 aromatic carbocycles. The summed E-state index contributed by atoms with van der Waals surface area (Å²) >= 11 is 1.20. The van der Waals surface area contributed by atoms with Gasteiger partial charge in [0.05, 0.1) is 25.7 Å². The molecule has 8 nitrogen and oxygen atoms in total. The van der Waals surface area contributed by atoms with Gasteiger partial charge in [0, 0.05) is 25.4 Å². The number of nitrogens with zero attached hydrogens (tertiary/aromatic N) is 3. The zero-order valence-electron chi connectivity index (χ0n) is 18.9. The average Bonchev–Trinajstić information content (AvgIpc) is 3.40. The highest BCUT2D eigenvalue weighted by molar-refractivity contribution is 7.92. The Morgan fingerprint density at radius 1 is 0.943 bits per heavy atom. The Morgan fingerprint density at radius 3 is 2.34 bits per heavy atom. The number of sulfone groups is 1. The minimum atomic E-state index is -3.75. The monoisotopic (exact) mass is 527 g/mol. The molecule has 180 valence electrons. The van der Waals surface area contributed by atoms with E-state index in [4.69, 9.17) is 0 Å². The van der Waals surface area contributed by atoms with E-state index in [1.165, 1.54) is 46.0 Å². The second-order valence-corrected chi connectivity index (χ2v) is 13.1. The summed E-state index contributed by atoms with van der Waals surface area (Å²) in [6.45, 7) is 0.376. The van der Waals surface area contributed by atoms with Gasteiger partial charge in [-0.25, -0.2) is 16.8 Å². The van der Waals surface area contributed by atoms with Crippen molar-refractivity contribution in [1.82, 2.24) is 4.57 Å². The summed E-state index contributed by atoms with van der Waals surface area (Å²) in [6, 6.07) is 17.9. The van der Waals surface area contributed by atoms with Gasteiger partial charge in [0.2, 0.25) is 0 Å². The molecule has 0 radical (unpaired) electrons. The van der Waals surface area contributed by atoms with E-state index in [0.717, 1.165) is 17.3 Å². The standard InChI is InChI=1S/C24H21N3O5S3/c1-26-21-12-11-19(34(2,29)30)15-22(21)33-24(26)25-23(28)17-7-9-18(10-8-17)35(31,32)27-14-13-16-5-3-4-6-20(16)27/h3-12,15H,13-14H2,1-2H3. The summed E-state index contributed by atoms with van der Waals surface area (Å²) < 4.78 is 53.9. The van der Waals surface area contributed by atoms with E-state index in [0.29, 0.717) is 28.2 Å².